The summed E-state index contributed by atoms with van der Waals surface area (Å²) in [6.07, 6.45) is -3.09. The highest BCUT2D eigenvalue weighted by Crippen LogP contribution is 2.33. The fourth-order valence-corrected chi connectivity index (χ4v) is 1.90. The Morgan fingerprint density at radius 1 is 1.27 bits per heavy atom. The van der Waals surface area contributed by atoms with Crippen LogP contribution in [-0.4, -0.2) is 22.0 Å². The van der Waals surface area contributed by atoms with Crippen molar-refractivity contribution in [3.05, 3.63) is 47.1 Å². The molecule has 2 rings (SSSR count). The van der Waals surface area contributed by atoms with E-state index in [0.29, 0.717) is 5.02 Å². The minimum Gasteiger partial charge on any atom is -0.322 e. The van der Waals surface area contributed by atoms with Crippen LogP contribution in [0.25, 0.3) is 0 Å². The van der Waals surface area contributed by atoms with Crippen molar-refractivity contribution in [2.75, 3.05) is 5.32 Å². The topological polar surface area (TPSA) is 59.0 Å². The number of rotatable bonds is 3. The zero-order valence-corrected chi connectivity index (χ0v) is 12.1. The highest BCUT2D eigenvalue weighted by Gasteiger charge is 2.42. The second kappa shape index (κ2) is 6.27. The molecule has 5 nitrogen and oxygen atoms in total. The normalized spacial score (nSPS) is 12.8. The van der Waals surface area contributed by atoms with Gasteiger partial charge in [-0.05, 0) is 17.7 Å². The van der Waals surface area contributed by atoms with E-state index in [1.807, 2.05) is 5.32 Å². The van der Waals surface area contributed by atoms with Crippen LogP contribution in [0.4, 0.5) is 23.8 Å². The number of carbonyl (C=O) groups is 1. The summed E-state index contributed by atoms with van der Waals surface area (Å²) in [7, 11) is 1.62. The van der Waals surface area contributed by atoms with Gasteiger partial charge in [0.2, 0.25) is 0 Å². The van der Waals surface area contributed by atoms with Crippen LogP contribution in [-0.2, 0) is 7.05 Å². The summed E-state index contributed by atoms with van der Waals surface area (Å²) in [6.45, 7) is 0. The van der Waals surface area contributed by atoms with Crippen LogP contribution in [0.5, 0.6) is 0 Å². The fourth-order valence-electron chi connectivity index (χ4n) is 1.77. The molecule has 0 saturated heterocycles. The summed E-state index contributed by atoms with van der Waals surface area (Å²) in [5.41, 5.74) is -0.118. The van der Waals surface area contributed by atoms with Gasteiger partial charge in [-0.15, -0.1) is 0 Å². The molecule has 0 aliphatic heterocycles. The molecule has 1 aromatic heterocycles. The number of nitrogens with zero attached hydrogens (tertiary/aromatic N) is 2. The van der Waals surface area contributed by atoms with Gasteiger partial charge in [0.25, 0.3) is 0 Å². The van der Waals surface area contributed by atoms with Crippen LogP contribution in [0.2, 0.25) is 5.02 Å². The molecule has 118 valence electrons. The van der Waals surface area contributed by atoms with Gasteiger partial charge in [-0.1, -0.05) is 23.7 Å². The van der Waals surface area contributed by atoms with Crippen LogP contribution < -0.4 is 10.6 Å². The molecule has 2 aromatic rings. The van der Waals surface area contributed by atoms with E-state index in [9.17, 15) is 18.0 Å². The predicted octanol–water partition coefficient (Wildman–Crippen LogP) is 3.50. The Balaban J connectivity index is 2.13. The molecule has 0 unspecified atom stereocenters. The number of nitrogens with one attached hydrogen (secondary N) is 2. The number of carbonyl (C=O) groups excluding carboxylic acids is 1. The first-order valence-electron chi connectivity index (χ1n) is 6.15. The molecule has 0 aliphatic carbocycles. The third kappa shape index (κ3) is 4.14. The number of alkyl halides is 3. The molecule has 1 aromatic carbocycles. The van der Waals surface area contributed by atoms with E-state index in [1.165, 1.54) is 35.0 Å². The molecule has 0 fully saturated rings. The van der Waals surface area contributed by atoms with E-state index in [4.69, 9.17) is 11.6 Å². The third-order valence-corrected chi connectivity index (χ3v) is 3.01. The van der Waals surface area contributed by atoms with Gasteiger partial charge in [0.1, 0.15) is 0 Å². The molecule has 0 bridgehead atoms. The van der Waals surface area contributed by atoms with E-state index in [2.05, 4.69) is 10.4 Å². The molecule has 2 N–H and O–H groups in total. The van der Waals surface area contributed by atoms with Gasteiger partial charge >= 0.3 is 12.2 Å². The predicted molar refractivity (Wildman–Crippen MR) is 75.6 cm³/mol. The molecule has 9 heteroatoms. The van der Waals surface area contributed by atoms with Crippen LogP contribution in [0.1, 0.15) is 11.6 Å². The van der Waals surface area contributed by atoms with E-state index >= 15 is 0 Å². The molecule has 0 aliphatic rings. The summed E-state index contributed by atoms with van der Waals surface area (Å²) in [5.74, 6) is 0.150. The Hall–Kier alpha value is -2.22. The maximum absolute atomic E-state index is 13.1. The molecule has 2 amide bonds. The van der Waals surface area contributed by atoms with E-state index < -0.39 is 18.2 Å². The van der Waals surface area contributed by atoms with Crippen LogP contribution in [0.3, 0.4) is 0 Å². The minimum absolute atomic E-state index is 0.118. The number of benzene rings is 1. The minimum atomic E-state index is -4.64. The molecule has 1 atom stereocenters. The Morgan fingerprint density at radius 3 is 2.41 bits per heavy atom. The van der Waals surface area contributed by atoms with Gasteiger partial charge in [-0.3, -0.25) is 10.00 Å². The zero-order valence-electron chi connectivity index (χ0n) is 11.4. The van der Waals surface area contributed by atoms with Crippen molar-refractivity contribution < 1.29 is 18.0 Å². The number of halogens is 4. The van der Waals surface area contributed by atoms with Crippen LogP contribution >= 0.6 is 11.6 Å². The monoisotopic (exact) mass is 332 g/mol. The lowest BCUT2D eigenvalue weighted by molar-refractivity contribution is -0.154. The van der Waals surface area contributed by atoms with Gasteiger partial charge in [-0.25, -0.2) is 4.79 Å². The Labute approximate surface area is 129 Å². The lowest BCUT2D eigenvalue weighted by atomic mass is 10.1. The molecule has 0 saturated carbocycles. The summed E-state index contributed by atoms with van der Waals surface area (Å²) in [5, 5.41) is 8.28. The van der Waals surface area contributed by atoms with Gasteiger partial charge in [0.05, 0.1) is 0 Å². The maximum atomic E-state index is 13.1. The number of amides is 2. The standard InChI is InChI=1S/C13H12ClF3N4O/c1-21-7-6-10(20-21)18-12(22)19-11(13(15,16)17)8-2-4-9(14)5-3-8/h2-7,11H,1H3,(H2,18,19,20,22)/t11-/m0/s1. The second-order valence-electron chi connectivity index (χ2n) is 4.50. The maximum Gasteiger partial charge on any atom is 0.412 e. The van der Waals surface area contributed by atoms with E-state index in [0.717, 1.165) is 0 Å². The van der Waals surface area contributed by atoms with Crippen molar-refractivity contribution in [3.63, 3.8) is 0 Å². The van der Waals surface area contributed by atoms with E-state index in [-0.39, 0.29) is 11.4 Å². The van der Waals surface area contributed by atoms with Crippen LogP contribution in [0, 0.1) is 0 Å². The van der Waals surface area contributed by atoms with Crippen molar-refractivity contribution in [3.8, 4) is 0 Å². The van der Waals surface area contributed by atoms with Crippen LogP contribution in [0.15, 0.2) is 36.5 Å². The van der Waals surface area contributed by atoms with Crippen molar-refractivity contribution >= 4 is 23.4 Å². The van der Waals surface area contributed by atoms with Gasteiger partial charge in [0, 0.05) is 24.3 Å². The van der Waals surface area contributed by atoms with Gasteiger partial charge < -0.3 is 5.32 Å². The molecule has 0 spiro atoms. The number of aromatic nitrogens is 2. The highest BCUT2D eigenvalue weighted by atomic mass is 35.5. The quantitative estimate of drug-likeness (QED) is 0.903. The van der Waals surface area contributed by atoms with Crippen molar-refractivity contribution in [1.29, 1.82) is 0 Å². The van der Waals surface area contributed by atoms with Crippen molar-refractivity contribution in [1.82, 2.24) is 15.1 Å². The Kier molecular flexibility index (Phi) is 4.60. The molecule has 1 heterocycles. The van der Waals surface area contributed by atoms with E-state index in [1.54, 1.807) is 13.2 Å². The summed E-state index contributed by atoms with van der Waals surface area (Å²) in [4.78, 5) is 11.7. The fraction of sp³-hybridized carbons (Fsp3) is 0.231. The number of anilines is 1. The highest BCUT2D eigenvalue weighted by molar-refractivity contribution is 6.30. The largest absolute Gasteiger partial charge is 0.412 e. The SMILES string of the molecule is Cn1ccc(NC(=O)N[C@@H](c2ccc(Cl)cc2)C(F)(F)F)n1. The lowest BCUT2D eigenvalue weighted by Gasteiger charge is -2.22. The second-order valence-corrected chi connectivity index (χ2v) is 4.94. The Bertz CT molecular complexity index is 654. The first-order valence-corrected chi connectivity index (χ1v) is 6.53. The number of urea groups is 1. The van der Waals surface area contributed by atoms with Gasteiger partial charge in [0.15, 0.2) is 11.9 Å². The smallest absolute Gasteiger partial charge is 0.322 e. The summed E-state index contributed by atoms with van der Waals surface area (Å²) >= 11 is 5.65. The zero-order chi connectivity index (χ0) is 16.3. The molecular formula is C13H12ClF3N4O. The molecule has 0 radical (unpaired) electrons. The van der Waals surface area contributed by atoms with Crippen molar-refractivity contribution in [2.45, 2.75) is 12.2 Å². The summed E-state index contributed by atoms with van der Waals surface area (Å²) < 4.78 is 40.8. The Morgan fingerprint density at radius 2 is 1.91 bits per heavy atom. The first-order chi connectivity index (χ1) is 10.3. The third-order valence-electron chi connectivity index (χ3n) is 2.76. The lowest BCUT2D eigenvalue weighted by Crippen LogP contribution is -2.40. The number of hydrogen-bond acceptors (Lipinski definition) is 2. The first kappa shape index (κ1) is 16.2. The molecular weight excluding hydrogens is 321 g/mol. The average molecular weight is 333 g/mol. The number of aryl methyl sites for hydroxylation is 1. The average Bonchev–Trinajstić information content (AvgIpc) is 2.81. The van der Waals surface area contributed by atoms with Gasteiger partial charge in [-0.2, -0.15) is 18.3 Å². The van der Waals surface area contributed by atoms with Crippen molar-refractivity contribution in [2.24, 2.45) is 7.05 Å². The summed E-state index contributed by atoms with van der Waals surface area (Å²) in [6, 6.07) is 3.39. The number of hydrogen-bond donors (Lipinski definition) is 2. The molecule has 22 heavy (non-hydrogen) atoms.